The molecule has 1 heterocycles. The number of amides is 1. The zero-order valence-electron chi connectivity index (χ0n) is 14.3. The van der Waals surface area contributed by atoms with Crippen LogP contribution in [0.1, 0.15) is 25.0 Å². The highest BCUT2D eigenvalue weighted by Crippen LogP contribution is 2.30. The standard InChI is InChI=1S/C17H17F3N2O3S/c1-11-4-7-13(8-5-11)26(24,25)16(2,3)15(23)22-14-9-6-12(10-21-14)17(18,19)20/h4-10H,1-3H3,(H,21,22,23). The van der Waals surface area contributed by atoms with Crippen molar-refractivity contribution in [3.05, 3.63) is 53.7 Å². The van der Waals surface area contributed by atoms with Crippen LogP contribution in [0.5, 0.6) is 0 Å². The quantitative estimate of drug-likeness (QED) is 0.871. The monoisotopic (exact) mass is 386 g/mol. The van der Waals surface area contributed by atoms with Crippen LogP contribution >= 0.6 is 0 Å². The van der Waals surface area contributed by atoms with Gasteiger partial charge in [-0.05, 0) is 45.0 Å². The van der Waals surface area contributed by atoms with E-state index in [1.54, 1.807) is 19.1 Å². The van der Waals surface area contributed by atoms with Crippen LogP contribution in [0, 0.1) is 6.92 Å². The minimum absolute atomic E-state index is 0.0244. The molecular weight excluding hydrogens is 369 g/mol. The fraction of sp³-hybridized carbons (Fsp3) is 0.294. The second-order valence-corrected chi connectivity index (χ2v) is 8.71. The number of anilines is 1. The molecule has 0 radical (unpaired) electrons. The maximum absolute atomic E-state index is 12.8. The van der Waals surface area contributed by atoms with Gasteiger partial charge in [-0.1, -0.05) is 17.7 Å². The van der Waals surface area contributed by atoms with E-state index in [1.165, 1.54) is 26.0 Å². The first kappa shape index (κ1) is 19.9. The van der Waals surface area contributed by atoms with Gasteiger partial charge in [0.05, 0.1) is 10.5 Å². The Hall–Kier alpha value is -2.42. The highest BCUT2D eigenvalue weighted by Gasteiger charge is 2.43. The molecule has 26 heavy (non-hydrogen) atoms. The van der Waals surface area contributed by atoms with Crippen molar-refractivity contribution in [3.8, 4) is 0 Å². The van der Waals surface area contributed by atoms with E-state index in [4.69, 9.17) is 0 Å². The number of nitrogens with zero attached hydrogens (tertiary/aromatic N) is 1. The summed E-state index contributed by atoms with van der Waals surface area (Å²) in [5.41, 5.74) is -0.109. The molecule has 5 nitrogen and oxygen atoms in total. The lowest BCUT2D eigenvalue weighted by Gasteiger charge is -2.23. The molecule has 1 amide bonds. The number of aromatic nitrogens is 1. The third-order valence-electron chi connectivity index (χ3n) is 3.88. The fourth-order valence-electron chi connectivity index (χ4n) is 2.04. The van der Waals surface area contributed by atoms with Gasteiger partial charge < -0.3 is 5.32 Å². The number of sulfone groups is 1. The van der Waals surface area contributed by atoms with Crippen LogP contribution in [-0.4, -0.2) is 24.1 Å². The lowest BCUT2D eigenvalue weighted by Crippen LogP contribution is -2.44. The molecule has 0 spiro atoms. The summed E-state index contributed by atoms with van der Waals surface area (Å²) in [6.07, 6.45) is -3.99. The summed E-state index contributed by atoms with van der Waals surface area (Å²) in [5.74, 6) is -1.07. The van der Waals surface area contributed by atoms with Crippen molar-refractivity contribution in [2.45, 2.75) is 36.6 Å². The minimum Gasteiger partial charge on any atom is -0.309 e. The zero-order valence-corrected chi connectivity index (χ0v) is 15.1. The Labute approximate surface area is 149 Å². The molecule has 0 aliphatic carbocycles. The first-order valence-electron chi connectivity index (χ1n) is 7.52. The highest BCUT2D eigenvalue weighted by atomic mass is 32.2. The maximum atomic E-state index is 12.8. The lowest BCUT2D eigenvalue weighted by molar-refractivity contribution is -0.137. The lowest BCUT2D eigenvalue weighted by atomic mass is 10.2. The largest absolute Gasteiger partial charge is 0.417 e. The number of rotatable bonds is 4. The van der Waals surface area contributed by atoms with Gasteiger partial charge in [0.1, 0.15) is 10.6 Å². The second kappa shape index (κ2) is 6.71. The van der Waals surface area contributed by atoms with Crippen LogP contribution in [0.15, 0.2) is 47.5 Å². The van der Waals surface area contributed by atoms with E-state index >= 15 is 0 Å². The highest BCUT2D eigenvalue weighted by molar-refractivity contribution is 7.93. The summed E-state index contributed by atoms with van der Waals surface area (Å²) in [4.78, 5) is 15.9. The van der Waals surface area contributed by atoms with Gasteiger partial charge in [-0.2, -0.15) is 13.2 Å². The predicted octanol–water partition coefficient (Wildman–Crippen LogP) is 3.60. The molecule has 0 bridgehead atoms. The summed E-state index contributed by atoms with van der Waals surface area (Å²) in [7, 11) is -4.03. The Kier molecular flexibility index (Phi) is 5.14. The summed E-state index contributed by atoms with van der Waals surface area (Å²) in [6, 6.07) is 7.74. The Morgan fingerprint density at radius 1 is 1.04 bits per heavy atom. The van der Waals surface area contributed by atoms with Gasteiger partial charge in [-0.15, -0.1) is 0 Å². The van der Waals surface area contributed by atoms with Gasteiger partial charge in [-0.25, -0.2) is 13.4 Å². The molecule has 0 saturated carbocycles. The average Bonchev–Trinajstić information content (AvgIpc) is 2.54. The smallest absolute Gasteiger partial charge is 0.309 e. The van der Waals surface area contributed by atoms with E-state index in [1.807, 2.05) is 0 Å². The average molecular weight is 386 g/mol. The SMILES string of the molecule is Cc1ccc(S(=O)(=O)C(C)(C)C(=O)Nc2ccc(C(F)(F)F)cn2)cc1. The van der Waals surface area contributed by atoms with Gasteiger partial charge in [0.25, 0.3) is 0 Å². The van der Waals surface area contributed by atoms with Crippen LogP contribution in [0.4, 0.5) is 19.0 Å². The Morgan fingerprint density at radius 2 is 1.62 bits per heavy atom. The first-order valence-corrected chi connectivity index (χ1v) is 9.00. The molecule has 0 fully saturated rings. The molecule has 1 aromatic carbocycles. The summed E-state index contributed by atoms with van der Waals surface area (Å²) >= 11 is 0. The first-order chi connectivity index (χ1) is 11.9. The molecule has 9 heteroatoms. The van der Waals surface area contributed by atoms with Crippen molar-refractivity contribution in [3.63, 3.8) is 0 Å². The number of nitrogens with one attached hydrogen (secondary N) is 1. The number of benzene rings is 1. The number of hydrogen-bond acceptors (Lipinski definition) is 4. The molecule has 2 aromatic rings. The number of aryl methyl sites for hydroxylation is 1. The fourth-order valence-corrected chi connectivity index (χ4v) is 3.42. The predicted molar refractivity (Wildman–Crippen MR) is 90.3 cm³/mol. The Balaban J connectivity index is 2.25. The minimum atomic E-state index is -4.55. The number of pyridine rings is 1. The number of carbonyl (C=O) groups is 1. The summed E-state index contributed by atoms with van der Waals surface area (Å²) in [5, 5.41) is 2.25. The molecule has 0 saturated heterocycles. The van der Waals surface area contributed by atoms with Crippen LogP contribution in [-0.2, 0) is 20.8 Å². The van der Waals surface area contributed by atoms with E-state index in [2.05, 4.69) is 10.3 Å². The van der Waals surface area contributed by atoms with Crippen molar-refractivity contribution < 1.29 is 26.4 Å². The van der Waals surface area contributed by atoms with E-state index in [0.29, 0.717) is 6.20 Å². The van der Waals surface area contributed by atoms with Crippen LogP contribution < -0.4 is 5.32 Å². The van der Waals surface area contributed by atoms with Gasteiger partial charge in [0, 0.05) is 6.20 Å². The van der Waals surface area contributed by atoms with Crippen molar-refractivity contribution >= 4 is 21.6 Å². The Bertz CT molecular complexity index is 904. The van der Waals surface area contributed by atoms with Crippen LogP contribution in [0.2, 0.25) is 0 Å². The summed E-state index contributed by atoms with van der Waals surface area (Å²) < 4.78 is 61.3. The number of carbonyl (C=O) groups excluding carboxylic acids is 1. The molecule has 1 aromatic heterocycles. The molecule has 2 rings (SSSR count). The van der Waals surface area contributed by atoms with E-state index in [0.717, 1.165) is 17.7 Å². The summed E-state index contributed by atoms with van der Waals surface area (Å²) in [6.45, 7) is 4.24. The van der Waals surface area contributed by atoms with Crippen molar-refractivity contribution in [1.29, 1.82) is 0 Å². The molecule has 0 atom stereocenters. The van der Waals surface area contributed by atoms with Crippen LogP contribution in [0.25, 0.3) is 0 Å². The molecule has 0 aliphatic heterocycles. The van der Waals surface area contributed by atoms with Gasteiger partial charge >= 0.3 is 6.18 Å². The molecule has 0 unspecified atom stereocenters. The maximum Gasteiger partial charge on any atom is 0.417 e. The zero-order chi connectivity index (χ0) is 19.8. The molecular formula is C17H17F3N2O3S. The molecule has 140 valence electrons. The van der Waals surface area contributed by atoms with E-state index in [-0.39, 0.29) is 10.7 Å². The second-order valence-electron chi connectivity index (χ2n) is 6.21. The molecule has 1 N–H and O–H groups in total. The Morgan fingerprint density at radius 3 is 2.08 bits per heavy atom. The number of hydrogen-bond donors (Lipinski definition) is 1. The number of alkyl halides is 3. The van der Waals surface area contributed by atoms with Crippen molar-refractivity contribution in [2.75, 3.05) is 5.32 Å². The van der Waals surface area contributed by atoms with Gasteiger partial charge in [0.15, 0.2) is 9.84 Å². The molecule has 0 aliphatic rings. The van der Waals surface area contributed by atoms with E-state index < -0.39 is 32.2 Å². The topological polar surface area (TPSA) is 76.1 Å². The van der Waals surface area contributed by atoms with Crippen molar-refractivity contribution in [1.82, 2.24) is 4.98 Å². The van der Waals surface area contributed by atoms with Crippen molar-refractivity contribution in [2.24, 2.45) is 0 Å². The van der Waals surface area contributed by atoms with Gasteiger partial charge in [-0.3, -0.25) is 4.79 Å². The number of halogens is 3. The third kappa shape index (κ3) is 3.87. The van der Waals surface area contributed by atoms with E-state index in [9.17, 15) is 26.4 Å². The third-order valence-corrected chi connectivity index (χ3v) is 6.30. The van der Waals surface area contributed by atoms with Gasteiger partial charge in [0.2, 0.25) is 5.91 Å². The van der Waals surface area contributed by atoms with Crippen LogP contribution in [0.3, 0.4) is 0 Å². The normalized spacial score (nSPS) is 12.7.